The van der Waals surface area contributed by atoms with Crippen LogP contribution in [0.25, 0.3) is 0 Å². The van der Waals surface area contributed by atoms with Gasteiger partial charge in [-0.3, -0.25) is 0 Å². The normalized spacial score (nSPS) is 22.1. The molecule has 2 N–H and O–H groups in total. The van der Waals surface area contributed by atoms with Crippen molar-refractivity contribution in [3.05, 3.63) is 42.0 Å². The second kappa shape index (κ2) is 5.75. The molecule has 0 aliphatic carbocycles. The van der Waals surface area contributed by atoms with Crippen LogP contribution in [0.4, 0.5) is 4.39 Å². The summed E-state index contributed by atoms with van der Waals surface area (Å²) >= 11 is 0. The standard InChI is InChI=1S/C13H16FN5O2S/c1-9-2-3-10(6-11(9)14)22(20,21)17-12-7-15-8-13(12)19-5-4-16-18-19/h2-6,12-13,15,17H,7-8H2,1H3/t12-,13+/m1/s1. The molecule has 118 valence electrons. The van der Waals surface area contributed by atoms with Gasteiger partial charge >= 0.3 is 0 Å². The Bertz CT molecular complexity index is 763. The first-order chi connectivity index (χ1) is 10.5. The summed E-state index contributed by atoms with van der Waals surface area (Å²) in [4.78, 5) is -0.0835. The molecule has 1 aromatic heterocycles. The molecule has 1 saturated heterocycles. The molecule has 0 bridgehead atoms. The number of halogens is 1. The molecule has 1 fully saturated rings. The molecule has 2 atom stereocenters. The second-order valence-electron chi connectivity index (χ2n) is 5.25. The molecule has 2 aromatic rings. The highest BCUT2D eigenvalue weighted by molar-refractivity contribution is 7.89. The summed E-state index contributed by atoms with van der Waals surface area (Å²) < 4.78 is 42.7. The maximum Gasteiger partial charge on any atom is 0.241 e. The zero-order chi connectivity index (χ0) is 15.7. The average Bonchev–Trinajstić information content (AvgIpc) is 3.11. The van der Waals surface area contributed by atoms with Crippen LogP contribution in [0.15, 0.2) is 35.5 Å². The van der Waals surface area contributed by atoms with E-state index in [0.29, 0.717) is 18.7 Å². The third-order valence-electron chi connectivity index (χ3n) is 3.72. The number of benzene rings is 1. The van der Waals surface area contributed by atoms with Crippen molar-refractivity contribution in [2.75, 3.05) is 13.1 Å². The van der Waals surface area contributed by atoms with Gasteiger partial charge in [-0.25, -0.2) is 22.2 Å². The lowest BCUT2D eigenvalue weighted by Gasteiger charge is -2.19. The minimum absolute atomic E-state index is 0.0835. The van der Waals surface area contributed by atoms with E-state index in [1.165, 1.54) is 12.1 Å². The first kappa shape index (κ1) is 15.1. The van der Waals surface area contributed by atoms with Crippen LogP contribution in [0.2, 0.25) is 0 Å². The Morgan fingerprint density at radius 2 is 2.23 bits per heavy atom. The van der Waals surface area contributed by atoms with Crippen LogP contribution in [-0.2, 0) is 10.0 Å². The highest BCUT2D eigenvalue weighted by Gasteiger charge is 2.33. The number of aryl methyl sites for hydroxylation is 1. The van der Waals surface area contributed by atoms with Crippen LogP contribution in [0.1, 0.15) is 11.6 Å². The third-order valence-corrected chi connectivity index (χ3v) is 5.21. The molecular weight excluding hydrogens is 309 g/mol. The van der Waals surface area contributed by atoms with Crippen LogP contribution in [0.5, 0.6) is 0 Å². The largest absolute Gasteiger partial charge is 0.313 e. The maximum absolute atomic E-state index is 13.6. The Hall–Kier alpha value is -1.84. The molecule has 0 unspecified atom stereocenters. The van der Waals surface area contributed by atoms with E-state index in [4.69, 9.17) is 0 Å². The Kier molecular flexibility index (Phi) is 3.94. The van der Waals surface area contributed by atoms with E-state index in [-0.39, 0.29) is 17.0 Å². The van der Waals surface area contributed by atoms with Gasteiger partial charge in [-0.1, -0.05) is 11.3 Å². The monoisotopic (exact) mass is 325 g/mol. The van der Waals surface area contributed by atoms with Crippen LogP contribution in [-0.4, -0.2) is 42.5 Å². The zero-order valence-corrected chi connectivity index (χ0v) is 12.7. The van der Waals surface area contributed by atoms with Gasteiger partial charge < -0.3 is 5.32 Å². The number of hydrogen-bond donors (Lipinski definition) is 2. The first-order valence-electron chi connectivity index (χ1n) is 6.82. The molecule has 1 aliphatic rings. The van der Waals surface area contributed by atoms with E-state index in [1.807, 2.05) is 0 Å². The maximum atomic E-state index is 13.6. The summed E-state index contributed by atoms with van der Waals surface area (Å²) in [5.41, 5.74) is 0.405. The number of hydrogen-bond acceptors (Lipinski definition) is 5. The van der Waals surface area contributed by atoms with Gasteiger partial charge in [-0.15, -0.1) is 5.10 Å². The van der Waals surface area contributed by atoms with Crippen molar-refractivity contribution in [1.82, 2.24) is 25.0 Å². The summed E-state index contributed by atoms with van der Waals surface area (Å²) in [6.45, 7) is 2.64. The van der Waals surface area contributed by atoms with Gasteiger partial charge in [-0.2, -0.15) is 0 Å². The van der Waals surface area contributed by atoms with Crippen molar-refractivity contribution in [3.8, 4) is 0 Å². The van der Waals surface area contributed by atoms with Crippen LogP contribution < -0.4 is 10.0 Å². The fourth-order valence-corrected chi connectivity index (χ4v) is 3.75. The van der Waals surface area contributed by atoms with Crippen molar-refractivity contribution in [2.45, 2.75) is 23.9 Å². The molecule has 3 rings (SSSR count). The molecule has 0 saturated carbocycles. The average molecular weight is 325 g/mol. The lowest BCUT2D eigenvalue weighted by Crippen LogP contribution is -2.41. The number of nitrogens with zero attached hydrogens (tertiary/aromatic N) is 3. The number of sulfonamides is 1. The quantitative estimate of drug-likeness (QED) is 0.839. The van der Waals surface area contributed by atoms with Crippen molar-refractivity contribution >= 4 is 10.0 Å². The van der Waals surface area contributed by atoms with Crippen molar-refractivity contribution in [3.63, 3.8) is 0 Å². The summed E-state index contributed by atoms with van der Waals surface area (Å²) in [6.07, 6.45) is 3.23. The van der Waals surface area contributed by atoms with Crippen molar-refractivity contribution in [2.24, 2.45) is 0 Å². The van der Waals surface area contributed by atoms with Gasteiger partial charge in [0.05, 0.1) is 23.2 Å². The Labute approximate surface area is 127 Å². The molecule has 22 heavy (non-hydrogen) atoms. The lowest BCUT2D eigenvalue weighted by molar-refractivity contribution is 0.413. The topological polar surface area (TPSA) is 88.9 Å². The molecule has 7 nitrogen and oxygen atoms in total. The van der Waals surface area contributed by atoms with E-state index in [1.54, 1.807) is 24.0 Å². The molecule has 2 heterocycles. The minimum atomic E-state index is -3.80. The predicted octanol–water partition coefficient (Wildman–Crippen LogP) is 0.217. The number of rotatable bonds is 4. The molecule has 0 amide bonds. The molecule has 1 aromatic carbocycles. The molecular formula is C13H16FN5O2S. The highest BCUT2D eigenvalue weighted by atomic mass is 32.2. The van der Waals surface area contributed by atoms with E-state index < -0.39 is 15.8 Å². The van der Waals surface area contributed by atoms with Gasteiger partial charge in [0, 0.05) is 19.3 Å². The zero-order valence-electron chi connectivity index (χ0n) is 11.9. The van der Waals surface area contributed by atoms with Gasteiger partial charge in [0.2, 0.25) is 10.0 Å². The highest BCUT2D eigenvalue weighted by Crippen LogP contribution is 2.19. The van der Waals surface area contributed by atoms with E-state index in [9.17, 15) is 12.8 Å². The fraction of sp³-hybridized carbons (Fsp3) is 0.385. The minimum Gasteiger partial charge on any atom is -0.313 e. The number of aromatic nitrogens is 3. The summed E-state index contributed by atoms with van der Waals surface area (Å²) in [7, 11) is -3.80. The van der Waals surface area contributed by atoms with Gasteiger partial charge in [0.25, 0.3) is 0 Å². The van der Waals surface area contributed by atoms with Crippen molar-refractivity contribution in [1.29, 1.82) is 0 Å². The molecule has 9 heteroatoms. The predicted molar refractivity (Wildman–Crippen MR) is 77.2 cm³/mol. The third kappa shape index (κ3) is 2.87. The van der Waals surface area contributed by atoms with Crippen LogP contribution >= 0.6 is 0 Å². The van der Waals surface area contributed by atoms with Crippen LogP contribution in [0.3, 0.4) is 0 Å². The second-order valence-corrected chi connectivity index (χ2v) is 6.96. The van der Waals surface area contributed by atoms with Gasteiger partial charge in [0.15, 0.2) is 0 Å². The Morgan fingerprint density at radius 1 is 1.41 bits per heavy atom. The van der Waals surface area contributed by atoms with E-state index in [0.717, 1.165) is 6.07 Å². The summed E-state index contributed by atoms with van der Waals surface area (Å²) in [5.74, 6) is -0.541. The van der Waals surface area contributed by atoms with E-state index >= 15 is 0 Å². The molecule has 0 spiro atoms. The number of nitrogens with one attached hydrogen (secondary N) is 2. The summed E-state index contributed by atoms with van der Waals surface area (Å²) in [6, 6.07) is 3.33. The molecule has 1 aliphatic heterocycles. The Morgan fingerprint density at radius 3 is 2.91 bits per heavy atom. The van der Waals surface area contributed by atoms with Crippen molar-refractivity contribution < 1.29 is 12.8 Å². The van der Waals surface area contributed by atoms with Gasteiger partial charge in [0.1, 0.15) is 5.82 Å². The SMILES string of the molecule is Cc1ccc(S(=O)(=O)N[C@@H]2CNC[C@@H]2n2ccnn2)cc1F. The Balaban J connectivity index is 1.83. The molecule has 0 radical (unpaired) electrons. The lowest BCUT2D eigenvalue weighted by atomic mass is 10.2. The first-order valence-corrected chi connectivity index (χ1v) is 8.31. The van der Waals surface area contributed by atoms with Gasteiger partial charge in [-0.05, 0) is 24.6 Å². The van der Waals surface area contributed by atoms with E-state index in [2.05, 4.69) is 20.4 Å². The van der Waals surface area contributed by atoms with Crippen LogP contribution in [0, 0.1) is 12.7 Å². The smallest absolute Gasteiger partial charge is 0.241 e. The summed E-state index contributed by atoms with van der Waals surface area (Å²) in [5, 5.41) is 10.8. The fourth-order valence-electron chi connectivity index (χ4n) is 2.47.